The van der Waals surface area contributed by atoms with Crippen molar-refractivity contribution < 1.29 is 19.1 Å². The normalized spacial score (nSPS) is 11.4. The highest BCUT2D eigenvalue weighted by molar-refractivity contribution is 9.10. The van der Waals surface area contributed by atoms with Gasteiger partial charge in [0.2, 0.25) is 5.91 Å². The second kappa shape index (κ2) is 10.7. The van der Waals surface area contributed by atoms with Gasteiger partial charge in [-0.25, -0.2) is 0 Å². The van der Waals surface area contributed by atoms with E-state index in [0.29, 0.717) is 24.6 Å². The van der Waals surface area contributed by atoms with E-state index in [4.69, 9.17) is 9.47 Å². The third-order valence-corrected chi connectivity index (χ3v) is 4.73. The maximum absolute atomic E-state index is 12.8. The summed E-state index contributed by atoms with van der Waals surface area (Å²) in [6.45, 7) is 4.22. The highest BCUT2D eigenvalue weighted by Gasteiger charge is 2.26. The monoisotopic (exact) mass is 448 g/mol. The Morgan fingerprint density at radius 3 is 2.25 bits per heavy atom. The molecule has 28 heavy (non-hydrogen) atoms. The van der Waals surface area contributed by atoms with Crippen LogP contribution in [-0.2, 0) is 16.1 Å². The Labute approximate surface area is 174 Å². The highest BCUT2D eigenvalue weighted by atomic mass is 79.9. The first-order chi connectivity index (χ1) is 13.4. The van der Waals surface area contributed by atoms with Crippen molar-refractivity contribution in [3.63, 3.8) is 0 Å². The average Bonchev–Trinajstić information content (AvgIpc) is 2.71. The number of halogens is 1. The molecule has 0 aliphatic rings. The molecule has 7 heteroatoms. The lowest BCUT2D eigenvalue weighted by Crippen LogP contribution is -2.49. The fraction of sp³-hybridized carbons (Fsp3) is 0.333. The van der Waals surface area contributed by atoms with Crippen LogP contribution in [0.3, 0.4) is 0 Å². The van der Waals surface area contributed by atoms with Crippen LogP contribution in [0, 0.1) is 0 Å². The van der Waals surface area contributed by atoms with Gasteiger partial charge in [-0.3, -0.25) is 9.59 Å². The number of carbonyl (C=O) groups excluding carboxylic acids is 2. The summed E-state index contributed by atoms with van der Waals surface area (Å²) < 4.78 is 11.7. The van der Waals surface area contributed by atoms with E-state index in [2.05, 4.69) is 21.2 Å². The van der Waals surface area contributed by atoms with Gasteiger partial charge in [0.25, 0.3) is 5.91 Å². The second-order valence-electron chi connectivity index (χ2n) is 6.18. The molecule has 1 atom stereocenters. The van der Waals surface area contributed by atoms with E-state index in [1.165, 1.54) is 4.90 Å². The Hall–Kier alpha value is -2.54. The standard InChI is InChI=1S/C21H25BrN2O4/c1-4-23-21(26)15(2)24(13-16-5-7-17(22)8-6-16)20(25)14-28-19-11-9-18(27-3)10-12-19/h5-12,15H,4,13-14H2,1-3H3,(H,23,26)/t15-/m1/s1. The molecule has 0 fully saturated rings. The zero-order valence-corrected chi connectivity index (χ0v) is 17.9. The number of nitrogens with zero attached hydrogens (tertiary/aromatic N) is 1. The molecule has 0 bridgehead atoms. The number of rotatable bonds is 9. The van der Waals surface area contributed by atoms with Crippen molar-refractivity contribution in [2.45, 2.75) is 26.4 Å². The van der Waals surface area contributed by atoms with Crippen LogP contribution in [0.2, 0.25) is 0 Å². The van der Waals surface area contributed by atoms with Crippen molar-refractivity contribution in [1.29, 1.82) is 0 Å². The maximum atomic E-state index is 12.8. The molecule has 0 aromatic heterocycles. The molecular weight excluding hydrogens is 424 g/mol. The molecule has 0 unspecified atom stereocenters. The van der Waals surface area contributed by atoms with Gasteiger partial charge in [-0.15, -0.1) is 0 Å². The molecule has 2 aromatic rings. The summed E-state index contributed by atoms with van der Waals surface area (Å²) in [5, 5.41) is 2.77. The molecule has 1 N–H and O–H groups in total. The summed E-state index contributed by atoms with van der Waals surface area (Å²) in [5.74, 6) is 0.804. The predicted molar refractivity (Wildman–Crippen MR) is 111 cm³/mol. The number of nitrogens with one attached hydrogen (secondary N) is 1. The molecule has 0 aliphatic carbocycles. The summed E-state index contributed by atoms with van der Waals surface area (Å²) in [6, 6.07) is 14.0. The second-order valence-corrected chi connectivity index (χ2v) is 7.10. The van der Waals surface area contributed by atoms with Crippen molar-refractivity contribution in [2.75, 3.05) is 20.3 Å². The highest BCUT2D eigenvalue weighted by Crippen LogP contribution is 2.18. The van der Waals surface area contributed by atoms with E-state index in [1.54, 1.807) is 38.3 Å². The largest absolute Gasteiger partial charge is 0.497 e. The molecule has 0 spiro atoms. The molecule has 2 rings (SSSR count). The topological polar surface area (TPSA) is 67.9 Å². The molecule has 0 aliphatic heterocycles. The lowest BCUT2D eigenvalue weighted by atomic mass is 10.1. The Morgan fingerprint density at radius 2 is 1.68 bits per heavy atom. The van der Waals surface area contributed by atoms with Crippen LogP contribution < -0.4 is 14.8 Å². The number of hydrogen-bond acceptors (Lipinski definition) is 4. The Morgan fingerprint density at radius 1 is 1.07 bits per heavy atom. The predicted octanol–water partition coefficient (Wildman–Crippen LogP) is 3.39. The first kappa shape index (κ1) is 21.8. The summed E-state index contributed by atoms with van der Waals surface area (Å²) in [6.07, 6.45) is 0. The molecule has 0 heterocycles. The van der Waals surface area contributed by atoms with Gasteiger partial charge in [-0.1, -0.05) is 28.1 Å². The maximum Gasteiger partial charge on any atom is 0.261 e. The van der Waals surface area contributed by atoms with E-state index in [0.717, 1.165) is 10.0 Å². The Bertz CT molecular complexity index is 778. The molecule has 0 saturated carbocycles. The Balaban J connectivity index is 2.10. The van der Waals surface area contributed by atoms with E-state index in [1.807, 2.05) is 31.2 Å². The van der Waals surface area contributed by atoms with Crippen LogP contribution in [0.25, 0.3) is 0 Å². The number of amides is 2. The van der Waals surface area contributed by atoms with Gasteiger partial charge in [-0.05, 0) is 55.8 Å². The van der Waals surface area contributed by atoms with Crippen LogP contribution in [-0.4, -0.2) is 43.0 Å². The lowest BCUT2D eigenvalue weighted by molar-refractivity contribution is -0.142. The van der Waals surface area contributed by atoms with E-state index < -0.39 is 6.04 Å². The number of likely N-dealkylation sites (N-methyl/N-ethyl adjacent to an activating group) is 1. The average molecular weight is 449 g/mol. The van der Waals surface area contributed by atoms with Gasteiger partial charge in [0, 0.05) is 17.6 Å². The molecule has 0 radical (unpaired) electrons. The van der Waals surface area contributed by atoms with Gasteiger partial charge >= 0.3 is 0 Å². The minimum atomic E-state index is -0.615. The van der Waals surface area contributed by atoms with E-state index in [9.17, 15) is 9.59 Å². The van der Waals surface area contributed by atoms with Crippen LogP contribution in [0.15, 0.2) is 53.0 Å². The van der Waals surface area contributed by atoms with Gasteiger partial charge < -0.3 is 19.7 Å². The van der Waals surface area contributed by atoms with Crippen molar-refractivity contribution in [3.8, 4) is 11.5 Å². The van der Waals surface area contributed by atoms with Crippen molar-refractivity contribution in [2.24, 2.45) is 0 Å². The zero-order chi connectivity index (χ0) is 20.5. The number of carbonyl (C=O) groups is 2. The summed E-state index contributed by atoms with van der Waals surface area (Å²) in [5.41, 5.74) is 0.928. The van der Waals surface area contributed by atoms with Crippen LogP contribution in [0.5, 0.6) is 11.5 Å². The molecule has 0 saturated heterocycles. The van der Waals surface area contributed by atoms with Crippen LogP contribution >= 0.6 is 15.9 Å². The zero-order valence-electron chi connectivity index (χ0n) is 16.3. The van der Waals surface area contributed by atoms with E-state index >= 15 is 0 Å². The van der Waals surface area contributed by atoms with Gasteiger partial charge in [0.1, 0.15) is 17.5 Å². The van der Waals surface area contributed by atoms with E-state index in [-0.39, 0.29) is 18.4 Å². The van der Waals surface area contributed by atoms with Crippen LogP contribution in [0.4, 0.5) is 0 Å². The SMILES string of the molecule is CCNC(=O)[C@@H](C)N(Cc1ccc(Br)cc1)C(=O)COc1ccc(OC)cc1. The summed E-state index contributed by atoms with van der Waals surface area (Å²) in [4.78, 5) is 26.7. The van der Waals surface area contributed by atoms with Gasteiger partial charge in [-0.2, -0.15) is 0 Å². The number of methoxy groups -OCH3 is 1. The number of ether oxygens (including phenoxy) is 2. The van der Waals surface area contributed by atoms with Crippen LogP contribution in [0.1, 0.15) is 19.4 Å². The fourth-order valence-electron chi connectivity index (χ4n) is 2.59. The first-order valence-electron chi connectivity index (χ1n) is 9.03. The van der Waals surface area contributed by atoms with Crippen molar-refractivity contribution in [1.82, 2.24) is 10.2 Å². The quantitative estimate of drug-likeness (QED) is 0.638. The van der Waals surface area contributed by atoms with Gasteiger partial charge in [0.15, 0.2) is 6.61 Å². The number of benzene rings is 2. The van der Waals surface area contributed by atoms with Crippen molar-refractivity contribution >= 4 is 27.7 Å². The Kier molecular flexibility index (Phi) is 8.32. The molecular formula is C21H25BrN2O4. The number of hydrogen-bond donors (Lipinski definition) is 1. The van der Waals surface area contributed by atoms with Crippen molar-refractivity contribution in [3.05, 3.63) is 58.6 Å². The smallest absolute Gasteiger partial charge is 0.261 e. The summed E-state index contributed by atoms with van der Waals surface area (Å²) in [7, 11) is 1.59. The molecule has 2 amide bonds. The minimum Gasteiger partial charge on any atom is -0.497 e. The molecule has 150 valence electrons. The third kappa shape index (κ3) is 6.27. The molecule has 2 aromatic carbocycles. The van der Waals surface area contributed by atoms with Gasteiger partial charge in [0.05, 0.1) is 7.11 Å². The fourth-order valence-corrected chi connectivity index (χ4v) is 2.86. The lowest BCUT2D eigenvalue weighted by Gasteiger charge is -2.28. The minimum absolute atomic E-state index is 0.160. The third-order valence-electron chi connectivity index (χ3n) is 4.21. The molecule has 6 nitrogen and oxygen atoms in total. The first-order valence-corrected chi connectivity index (χ1v) is 9.82. The summed E-state index contributed by atoms with van der Waals surface area (Å²) >= 11 is 3.40.